The first-order chi connectivity index (χ1) is 24.2. The van der Waals surface area contributed by atoms with E-state index >= 15 is 0 Å². The molecule has 262 valence electrons. The van der Waals surface area contributed by atoms with E-state index in [4.69, 9.17) is 23.7 Å². The highest BCUT2D eigenvalue weighted by molar-refractivity contribution is 6.03. The average molecular weight is 682 g/mol. The maximum Gasteiger partial charge on any atom is 0.336 e. The van der Waals surface area contributed by atoms with Gasteiger partial charge in [0.2, 0.25) is 5.91 Å². The second kappa shape index (κ2) is 21.1. The Morgan fingerprint density at radius 2 is 1.04 bits per heavy atom. The van der Waals surface area contributed by atoms with Gasteiger partial charge in [0, 0.05) is 30.0 Å². The zero-order valence-electron chi connectivity index (χ0n) is 28.5. The molecule has 10 heteroatoms. The van der Waals surface area contributed by atoms with Gasteiger partial charge in [-0.15, -0.1) is 0 Å². The topological polar surface area (TPSA) is 126 Å². The Kier molecular flexibility index (Phi) is 16.3. The van der Waals surface area contributed by atoms with Gasteiger partial charge >= 0.3 is 17.9 Å². The number of nitrogens with one attached hydrogen (secondary N) is 1. The van der Waals surface area contributed by atoms with Crippen LogP contribution in [0.25, 0.3) is 12.2 Å². The number of anilines is 1. The number of unbranched alkanes of at least 4 members (excludes halogenated alkanes) is 2. The molecule has 0 aliphatic carbocycles. The van der Waals surface area contributed by atoms with Crippen molar-refractivity contribution in [3.05, 3.63) is 120 Å². The van der Waals surface area contributed by atoms with Crippen molar-refractivity contribution in [3.8, 4) is 17.2 Å². The van der Waals surface area contributed by atoms with Gasteiger partial charge in [0.25, 0.3) is 0 Å². The summed E-state index contributed by atoms with van der Waals surface area (Å²) in [5.41, 5.74) is 3.75. The molecule has 1 N–H and O–H groups in total. The molecule has 0 bridgehead atoms. The van der Waals surface area contributed by atoms with Crippen LogP contribution in [0.15, 0.2) is 98.1 Å². The summed E-state index contributed by atoms with van der Waals surface area (Å²) in [6.07, 6.45) is 11.3. The van der Waals surface area contributed by atoms with Gasteiger partial charge in [-0.25, -0.2) is 14.4 Å². The summed E-state index contributed by atoms with van der Waals surface area (Å²) in [6.45, 7) is 12.0. The van der Waals surface area contributed by atoms with E-state index in [1.54, 1.807) is 24.3 Å². The minimum absolute atomic E-state index is 0.302. The number of benzene rings is 3. The van der Waals surface area contributed by atoms with Crippen molar-refractivity contribution >= 4 is 41.7 Å². The van der Waals surface area contributed by atoms with Crippen LogP contribution in [-0.2, 0) is 28.7 Å². The fraction of sp³-hybridized carbons (Fsp3) is 0.250. The lowest BCUT2D eigenvalue weighted by Crippen LogP contribution is -2.11. The van der Waals surface area contributed by atoms with Crippen LogP contribution in [-0.4, -0.2) is 50.2 Å². The van der Waals surface area contributed by atoms with Gasteiger partial charge in [-0.1, -0.05) is 37.4 Å². The van der Waals surface area contributed by atoms with E-state index in [1.165, 1.54) is 12.2 Å². The molecule has 0 saturated heterocycles. The molecule has 0 fully saturated rings. The minimum atomic E-state index is -0.538. The van der Waals surface area contributed by atoms with Crippen LogP contribution < -0.4 is 19.5 Å². The van der Waals surface area contributed by atoms with Crippen molar-refractivity contribution in [3.63, 3.8) is 0 Å². The van der Waals surface area contributed by atoms with Crippen molar-refractivity contribution in [2.75, 3.05) is 31.7 Å². The highest BCUT2D eigenvalue weighted by Crippen LogP contribution is 2.27. The van der Waals surface area contributed by atoms with Crippen molar-refractivity contribution in [1.82, 2.24) is 0 Å². The number of carbonyl (C=O) groups excluding carboxylic acids is 4. The Balaban J connectivity index is 1.41. The molecule has 3 aromatic carbocycles. The van der Waals surface area contributed by atoms with Crippen LogP contribution in [0.3, 0.4) is 0 Å². The van der Waals surface area contributed by atoms with Crippen LogP contribution in [0.4, 0.5) is 5.69 Å². The Morgan fingerprint density at radius 1 is 0.600 bits per heavy atom. The fourth-order valence-electron chi connectivity index (χ4n) is 4.43. The molecule has 1 amide bonds. The molecule has 50 heavy (non-hydrogen) atoms. The Labute approximate surface area is 293 Å². The van der Waals surface area contributed by atoms with Crippen molar-refractivity contribution in [2.45, 2.75) is 39.5 Å². The molecule has 3 rings (SSSR count). The number of carbonyl (C=O) groups is 4. The van der Waals surface area contributed by atoms with E-state index in [9.17, 15) is 19.2 Å². The summed E-state index contributed by atoms with van der Waals surface area (Å²) < 4.78 is 26.8. The summed E-state index contributed by atoms with van der Waals surface area (Å²) in [5, 5.41) is 2.90. The van der Waals surface area contributed by atoms with Gasteiger partial charge in [0.1, 0.15) is 17.2 Å². The molecule has 0 atom stereocenters. The first kappa shape index (κ1) is 38.5. The summed E-state index contributed by atoms with van der Waals surface area (Å²) in [6, 6.07) is 18.0. The summed E-state index contributed by atoms with van der Waals surface area (Å²) in [4.78, 5) is 47.3. The Bertz CT molecular complexity index is 1650. The molecule has 0 unspecified atom stereocenters. The highest BCUT2D eigenvalue weighted by Gasteiger charge is 2.10. The van der Waals surface area contributed by atoms with E-state index in [0.717, 1.165) is 47.2 Å². The Hall–Kier alpha value is -5.90. The molecule has 0 spiro atoms. The lowest BCUT2D eigenvalue weighted by atomic mass is 10.1. The molecule has 0 radical (unpaired) electrons. The zero-order chi connectivity index (χ0) is 36.1. The van der Waals surface area contributed by atoms with Crippen molar-refractivity contribution < 1.29 is 42.9 Å². The summed E-state index contributed by atoms with van der Waals surface area (Å²) in [5.74, 6) is 0.0522. The third-order valence-electron chi connectivity index (χ3n) is 7.01. The van der Waals surface area contributed by atoms with Gasteiger partial charge in [0.15, 0.2) is 0 Å². The van der Waals surface area contributed by atoms with Crippen LogP contribution in [0.1, 0.15) is 47.9 Å². The summed E-state index contributed by atoms with van der Waals surface area (Å²) in [7, 11) is 0. The molecule has 3 aromatic rings. The predicted octanol–water partition coefficient (Wildman–Crippen LogP) is 7.35. The normalized spacial score (nSPS) is 10.8. The molecule has 0 heterocycles. The number of hydrogen-bond acceptors (Lipinski definition) is 9. The zero-order valence-corrected chi connectivity index (χ0v) is 28.5. The number of hydrogen-bond donors (Lipinski definition) is 1. The highest BCUT2D eigenvalue weighted by atomic mass is 16.5. The van der Waals surface area contributed by atoms with E-state index in [0.29, 0.717) is 62.2 Å². The summed E-state index contributed by atoms with van der Waals surface area (Å²) >= 11 is 0. The maximum absolute atomic E-state index is 12.7. The minimum Gasteiger partial charge on any atom is -0.494 e. The van der Waals surface area contributed by atoms with E-state index < -0.39 is 17.9 Å². The second-order valence-corrected chi connectivity index (χ2v) is 11.0. The Morgan fingerprint density at radius 3 is 1.50 bits per heavy atom. The van der Waals surface area contributed by atoms with Gasteiger partial charge < -0.3 is 29.0 Å². The largest absolute Gasteiger partial charge is 0.494 e. The van der Waals surface area contributed by atoms with Crippen LogP contribution in [0.5, 0.6) is 17.2 Å². The number of rotatable bonds is 20. The van der Waals surface area contributed by atoms with Crippen molar-refractivity contribution in [1.29, 1.82) is 0 Å². The third-order valence-corrected chi connectivity index (χ3v) is 7.01. The molecular weight excluding hydrogens is 638 g/mol. The quantitative estimate of drug-likeness (QED) is 0.0564. The molecule has 0 saturated carbocycles. The van der Waals surface area contributed by atoms with Gasteiger partial charge in [0.05, 0.1) is 26.4 Å². The molecular formula is C40H43NO9. The molecule has 0 aromatic heterocycles. The van der Waals surface area contributed by atoms with Crippen LogP contribution in [0.2, 0.25) is 0 Å². The van der Waals surface area contributed by atoms with Crippen molar-refractivity contribution in [2.24, 2.45) is 0 Å². The monoisotopic (exact) mass is 681 g/mol. The third kappa shape index (κ3) is 14.5. The van der Waals surface area contributed by atoms with Gasteiger partial charge in [-0.05, 0) is 110 Å². The van der Waals surface area contributed by atoms with E-state index in [-0.39, 0.29) is 5.91 Å². The molecule has 0 aliphatic heterocycles. The second-order valence-electron chi connectivity index (χ2n) is 11.0. The van der Waals surface area contributed by atoms with Gasteiger partial charge in [-0.3, -0.25) is 4.79 Å². The SMILES string of the molecule is C=CC(=O)OCCCCOc1ccc(C=CC(=O)Nc2c(C)cc(OC(=O)C=Cc3ccc(OCCCCOC(=O)C=C)cc3)cc2C)cc1. The number of amides is 1. The lowest BCUT2D eigenvalue weighted by molar-refractivity contribution is -0.138. The van der Waals surface area contributed by atoms with Crippen LogP contribution in [0, 0.1) is 13.8 Å². The standard InChI is InChI=1S/C40H43NO9/c1-5-37(43)48-25-9-7-23-46-33-17-11-31(12-18-33)15-21-36(42)41-40-29(3)27-35(28-30(40)4)50-39(45)22-16-32-13-19-34(20-14-32)47-24-8-10-26-49-38(44)6-2/h5-6,11-22,27-28H,1-2,7-10,23-26H2,3-4H3,(H,41,42). The van der Waals surface area contributed by atoms with Crippen LogP contribution >= 0.6 is 0 Å². The predicted molar refractivity (Wildman–Crippen MR) is 193 cm³/mol. The number of aryl methyl sites for hydroxylation is 2. The smallest absolute Gasteiger partial charge is 0.336 e. The van der Waals surface area contributed by atoms with E-state index in [2.05, 4.69) is 18.5 Å². The molecule has 0 aliphatic rings. The number of ether oxygens (including phenoxy) is 5. The fourth-order valence-corrected chi connectivity index (χ4v) is 4.43. The first-order valence-corrected chi connectivity index (χ1v) is 16.2. The lowest BCUT2D eigenvalue weighted by Gasteiger charge is -2.12. The maximum atomic E-state index is 12.7. The van der Waals surface area contributed by atoms with Gasteiger partial charge in [-0.2, -0.15) is 0 Å². The number of esters is 3. The average Bonchev–Trinajstić information content (AvgIpc) is 3.11. The first-order valence-electron chi connectivity index (χ1n) is 16.2. The molecule has 10 nitrogen and oxygen atoms in total. The van der Waals surface area contributed by atoms with E-state index in [1.807, 2.05) is 62.4 Å².